The third kappa shape index (κ3) is 1.07. The Morgan fingerprint density at radius 1 is 0.857 bits per heavy atom. The van der Waals surface area contributed by atoms with E-state index < -0.39 is 0 Å². The summed E-state index contributed by atoms with van der Waals surface area (Å²) in [7, 11) is 0. The summed E-state index contributed by atoms with van der Waals surface area (Å²) in [5.74, 6) is 0. The standard InChI is InChI=1S/C10H14N4/c1-5-7(11)8(12)6(2)10-9(5)13-3-4-14-10/h3-4,11-12H2,1-2H3. The Morgan fingerprint density at radius 2 is 1.21 bits per heavy atom. The average Bonchev–Trinajstić information content (AvgIpc) is 2.23. The topological polar surface area (TPSA) is 76.8 Å². The van der Waals surface area contributed by atoms with E-state index in [9.17, 15) is 0 Å². The molecule has 0 spiro atoms. The molecule has 4 N–H and O–H groups in total. The van der Waals surface area contributed by atoms with Crippen LogP contribution in [0.15, 0.2) is 9.98 Å². The van der Waals surface area contributed by atoms with Crippen LogP contribution in [-0.4, -0.2) is 13.1 Å². The lowest BCUT2D eigenvalue weighted by Gasteiger charge is -2.11. The fraction of sp³-hybridized carbons (Fsp3) is 0.400. The molecule has 0 saturated heterocycles. The van der Waals surface area contributed by atoms with Gasteiger partial charge in [0.05, 0.1) is 35.2 Å². The zero-order chi connectivity index (χ0) is 10.3. The molecule has 1 aromatic carbocycles. The first-order valence-corrected chi connectivity index (χ1v) is 4.66. The normalized spacial score (nSPS) is 14.1. The Hall–Kier alpha value is -1.58. The maximum absolute atomic E-state index is 5.88. The van der Waals surface area contributed by atoms with Gasteiger partial charge in [-0.25, -0.2) is 0 Å². The summed E-state index contributed by atoms with van der Waals surface area (Å²) in [6, 6.07) is 0. The van der Waals surface area contributed by atoms with Crippen LogP contribution in [0.4, 0.5) is 11.4 Å². The summed E-state index contributed by atoms with van der Waals surface area (Å²) >= 11 is 0. The van der Waals surface area contributed by atoms with E-state index in [-0.39, 0.29) is 0 Å². The molecule has 1 aromatic rings. The van der Waals surface area contributed by atoms with Gasteiger partial charge in [-0.05, 0) is 13.8 Å². The van der Waals surface area contributed by atoms with E-state index in [0.29, 0.717) is 11.4 Å². The fourth-order valence-electron chi connectivity index (χ4n) is 1.72. The van der Waals surface area contributed by atoms with Crippen molar-refractivity contribution in [3.63, 3.8) is 0 Å². The minimum absolute atomic E-state index is 0.641. The second-order valence-electron chi connectivity index (χ2n) is 3.54. The van der Waals surface area contributed by atoms with E-state index in [1.54, 1.807) is 0 Å². The van der Waals surface area contributed by atoms with Crippen molar-refractivity contribution in [3.8, 4) is 0 Å². The molecule has 0 amide bonds. The van der Waals surface area contributed by atoms with Crippen LogP contribution in [0.5, 0.6) is 0 Å². The van der Waals surface area contributed by atoms with Gasteiger partial charge in [-0.15, -0.1) is 0 Å². The second kappa shape index (κ2) is 2.97. The lowest BCUT2D eigenvalue weighted by atomic mass is 10.1. The SMILES string of the molecule is Cc1c(N)c(N)c(C)c2c1=NCCN=2. The predicted molar refractivity (Wildman–Crippen MR) is 56.8 cm³/mol. The van der Waals surface area contributed by atoms with Gasteiger partial charge in [0.1, 0.15) is 0 Å². The van der Waals surface area contributed by atoms with Crippen LogP contribution in [0, 0.1) is 13.8 Å². The first kappa shape index (κ1) is 8.99. The van der Waals surface area contributed by atoms with E-state index in [1.807, 2.05) is 13.8 Å². The molecule has 14 heavy (non-hydrogen) atoms. The number of nitrogens with zero attached hydrogens (tertiary/aromatic N) is 2. The van der Waals surface area contributed by atoms with Gasteiger partial charge in [0.15, 0.2) is 0 Å². The van der Waals surface area contributed by atoms with Gasteiger partial charge in [-0.2, -0.15) is 0 Å². The minimum Gasteiger partial charge on any atom is -0.397 e. The Kier molecular flexibility index (Phi) is 1.91. The first-order valence-electron chi connectivity index (χ1n) is 4.66. The van der Waals surface area contributed by atoms with Crippen molar-refractivity contribution in [2.24, 2.45) is 9.98 Å². The van der Waals surface area contributed by atoms with Gasteiger partial charge in [-0.3, -0.25) is 9.98 Å². The van der Waals surface area contributed by atoms with Crippen LogP contribution in [0.25, 0.3) is 0 Å². The monoisotopic (exact) mass is 190 g/mol. The van der Waals surface area contributed by atoms with E-state index >= 15 is 0 Å². The van der Waals surface area contributed by atoms with Gasteiger partial charge in [0.25, 0.3) is 0 Å². The van der Waals surface area contributed by atoms with Crippen molar-refractivity contribution in [1.82, 2.24) is 0 Å². The molecule has 0 fully saturated rings. The van der Waals surface area contributed by atoms with Crippen LogP contribution in [-0.2, 0) is 0 Å². The average molecular weight is 190 g/mol. The Labute approximate surface area is 82.4 Å². The van der Waals surface area contributed by atoms with Crippen LogP contribution in [0.1, 0.15) is 11.1 Å². The summed E-state index contributed by atoms with van der Waals surface area (Å²) < 4.78 is 0. The molecule has 0 aliphatic carbocycles. The highest BCUT2D eigenvalue weighted by atomic mass is 14.9. The van der Waals surface area contributed by atoms with Crippen molar-refractivity contribution in [1.29, 1.82) is 0 Å². The second-order valence-corrected chi connectivity index (χ2v) is 3.54. The maximum Gasteiger partial charge on any atom is 0.0881 e. The van der Waals surface area contributed by atoms with Crippen molar-refractivity contribution in [2.75, 3.05) is 24.6 Å². The number of benzene rings is 1. The number of rotatable bonds is 0. The molecule has 0 unspecified atom stereocenters. The minimum atomic E-state index is 0.641. The molecular weight excluding hydrogens is 176 g/mol. The highest BCUT2D eigenvalue weighted by Gasteiger charge is 2.10. The highest BCUT2D eigenvalue weighted by Crippen LogP contribution is 2.17. The van der Waals surface area contributed by atoms with Crippen molar-refractivity contribution >= 4 is 11.4 Å². The van der Waals surface area contributed by atoms with Gasteiger partial charge < -0.3 is 11.5 Å². The molecule has 74 valence electrons. The molecule has 0 atom stereocenters. The van der Waals surface area contributed by atoms with E-state index in [0.717, 1.165) is 34.9 Å². The van der Waals surface area contributed by atoms with Gasteiger partial charge in [-0.1, -0.05) is 0 Å². The van der Waals surface area contributed by atoms with Gasteiger partial charge >= 0.3 is 0 Å². The zero-order valence-corrected chi connectivity index (χ0v) is 8.46. The zero-order valence-electron chi connectivity index (χ0n) is 8.46. The number of nitrogens with two attached hydrogens (primary N) is 2. The summed E-state index contributed by atoms with van der Waals surface area (Å²) in [5, 5.41) is 1.83. The van der Waals surface area contributed by atoms with E-state index in [2.05, 4.69) is 9.98 Å². The molecule has 1 heterocycles. The molecule has 4 heteroatoms. The third-order valence-electron chi connectivity index (χ3n) is 2.67. The quantitative estimate of drug-likeness (QED) is 0.552. The first-order chi connectivity index (χ1) is 6.63. The maximum atomic E-state index is 5.88. The molecule has 0 aromatic heterocycles. The van der Waals surface area contributed by atoms with Crippen molar-refractivity contribution in [2.45, 2.75) is 13.8 Å². The Morgan fingerprint density at radius 3 is 1.57 bits per heavy atom. The van der Waals surface area contributed by atoms with E-state index in [4.69, 9.17) is 11.5 Å². The molecule has 2 rings (SSSR count). The fourth-order valence-corrected chi connectivity index (χ4v) is 1.72. The van der Waals surface area contributed by atoms with Gasteiger partial charge in [0.2, 0.25) is 0 Å². The Bertz CT molecular complexity index is 455. The lowest BCUT2D eigenvalue weighted by molar-refractivity contribution is 0.853. The van der Waals surface area contributed by atoms with Crippen LogP contribution < -0.4 is 22.2 Å². The summed E-state index contributed by atoms with van der Waals surface area (Å²) in [5.41, 5.74) is 14.9. The number of fused-ring (bicyclic) bond motifs is 1. The molecule has 0 radical (unpaired) electrons. The summed E-state index contributed by atoms with van der Waals surface area (Å²) in [4.78, 5) is 8.85. The molecule has 0 saturated carbocycles. The van der Waals surface area contributed by atoms with Crippen molar-refractivity contribution < 1.29 is 0 Å². The number of hydrogen-bond acceptors (Lipinski definition) is 4. The Balaban J connectivity index is 3.01. The van der Waals surface area contributed by atoms with Crippen LogP contribution in [0.2, 0.25) is 0 Å². The van der Waals surface area contributed by atoms with Crippen LogP contribution in [0.3, 0.4) is 0 Å². The number of hydrogen-bond donors (Lipinski definition) is 2. The van der Waals surface area contributed by atoms with Crippen molar-refractivity contribution in [3.05, 3.63) is 21.8 Å². The van der Waals surface area contributed by atoms with Crippen LogP contribution >= 0.6 is 0 Å². The predicted octanol–water partition coefficient (Wildman–Crippen LogP) is -0.279. The lowest BCUT2D eigenvalue weighted by Crippen LogP contribution is -2.36. The molecule has 4 nitrogen and oxygen atoms in total. The van der Waals surface area contributed by atoms with E-state index in [1.165, 1.54) is 0 Å². The molecule has 1 aliphatic heterocycles. The third-order valence-corrected chi connectivity index (χ3v) is 2.67. The summed E-state index contributed by atoms with van der Waals surface area (Å²) in [6.45, 7) is 5.37. The largest absolute Gasteiger partial charge is 0.397 e. The summed E-state index contributed by atoms with van der Waals surface area (Å²) in [6.07, 6.45) is 0. The molecular formula is C10H14N4. The molecule has 1 aliphatic rings. The number of anilines is 2. The number of nitrogen functional groups attached to an aromatic ring is 2. The smallest absolute Gasteiger partial charge is 0.0881 e. The molecule has 0 bridgehead atoms. The van der Waals surface area contributed by atoms with Gasteiger partial charge in [0, 0.05) is 11.1 Å². The highest BCUT2D eigenvalue weighted by molar-refractivity contribution is 5.70.